The van der Waals surface area contributed by atoms with Gasteiger partial charge in [-0.1, -0.05) is 18.2 Å². The molecule has 1 aromatic heterocycles. The van der Waals surface area contributed by atoms with Crippen molar-refractivity contribution in [3.8, 4) is 6.07 Å². The molecule has 6 heteroatoms. The Morgan fingerprint density at radius 1 is 1.45 bits per heavy atom. The van der Waals surface area contributed by atoms with Gasteiger partial charge in [0.1, 0.15) is 0 Å². The van der Waals surface area contributed by atoms with Gasteiger partial charge >= 0.3 is 5.97 Å². The number of nitriles is 1. The molecule has 0 aliphatic rings. The molecule has 102 valence electrons. The number of para-hydroxylation sites is 1. The van der Waals surface area contributed by atoms with Gasteiger partial charge in [-0.2, -0.15) is 5.26 Å². The monoisotopic (exact) mass is 287 g/mol. The lowest BCUT2D eigenvalue weighted by atomic mass is 10.3. The van der Waals surface area contributed by atoms with E-state index in [1.54, 1.807) is 6.92 Å². The van der Waals surface area contributed by atoms with Crippen LogP contribution in [0.4, 0.5) is 10.8 Å². The first-order valence-corrected chi connectivity index (χ1v) is 6.85. The summed E-state index contributed by atoms with van der Waals surface area (Å²) in [4.78, 5) is 17.8. The van der Waals surface area contributed by atoms with Gasteiger partial charge in [-0.25, -0.2) is 9.78 Å². The van der Waals surface area contributed by atoms with E-state index in [4.69, 9.17) is 10.4 Å². The van der Waals surface area contributed by atoms with Crippen molar-refractivity contribution in [3.05, 3.63) is 40.9 Å². The van der Waals surface area contributed by atoms with Crippen molar-refractivity contribution >= 4 is 28.1 Å². The molecule has 0 atom stereocenters. The summed E-state index contributed by atoms with van der Waals surface area (Å²) in [7, 11) is 0. The second-order valence-corrected chi connectivity index (χ2v) is 5.28. The van der Waals surface area contributed by atoms with Gasteiger partial charge in [0, 0.05) is 17.1 Å². The number of hydrogen-bond donors (Lipinski definition) is 1. The molecular weight excluding hydrogens is 274 g/mol. The summed E-state index contributed by atoms with van der Waals surface area (Å²) in [5.41, 5.74) is 0.969. The van der Waals surface area contributed by atoms with Gasteiger partial charge in [0.15, 0.2) is 10.8 Å². The first kappa shape index (κ1) is 14.0. The molecule has 0 saturated carbocycles. The Morgan fingerprint density at radius 3 is 2.70 bits per heavy atom. The molecule has 0 amide bonds. The third kappa shape index (κ3) is 2.95. The second kappa shape index (κ2) is 6.17. The van der Waals surface area contributed by atoms with Crippen LogP contribution in [0.15, 0.2) is 30.3 Å². The van der Waals surface area contributed by atoms with Gasteiger partial charge in [0.05, 0.1) is 12.5 Å². The number of benzene rings is 1. The number of anilines is 2. The van der Waals surface area contributed by atoms with Gasteiger partial charge in [0.25, 0.3) is 0 Å². The smallest absolute Gasteiger partial charge is 0.355 e. The van der Waals surface area contributed by atoms with Gasteiger partial charge in [-0.05, 0) is 19.1 Å². The second-order valence-electron chi connectivity index (χ2n) is 4.10. The van der Waals surface area contributed by atoms with E-state index >= 15 is 0 Å². The van der Waals surface area contributed by atoms with E-state index in [9.17, 15) is 4.79 Å². The SMILES string of the molecule is Cc1sc(N(CCC#N)c2ccccc2)nc1C(=O)O. The Morgan fingerprint density at radius 2 is 2.15 bits per heavy atom. The molecule has 0 bridgehead atoms. The number of thiazole rings is 1. The van der Waals surface area contributed by atoms with E-state index in [-0.39, 0.29) is 5.69 Å². The first-order valence-electron chi connectivity index (χ1n) is 6.03. The Balaban J connectivity index is 2.39. The van der Waals surface area contributed by atoms with Crippen molar-refractivity contribution in [2.45, 2.75) is 13.3 Å². The number of nitrogens with zero attached hydrogens (tertiary/aromatic N) is 3. The van der Waals surface area contributed by atoms with Crippen molar-refractivity contribution in [1.29, 1.82) is 5.26 Å². The third-order valence-electron chi connectivity index (χ3n) is 2.73. The summed E-state index contributed by atoms with van der Waals surface area (Å²) < 4.78 is 0. The van der Waals surface area contributed by atoms with Gasteiger partial charge in [-0.15, -0.1) is 11.3 Å². The molecule has 20 heavy (non-hydrogen) atoms. The summed E-state index contributed by atoms with van der Waals surface area (Å²) in [5, 5.41) is 18.4. The van der Waals surface area contributed by atoms with Crippen molar-refractivity contribution in [3.63, 3.8) is 0 Å². The van der Waals surface area contributed by atoms with Crippen LogP contribution in [0.5, 0.6) is 0 Å². The van der Waals surface area contributed by atoms with E-state index in [1.807, 2.05) is 35.2 Å². The Hall–Kier alpha value is -2.39. The fraction of sp³-hybridized carbons (Fsp3) is 0.214. The first-order chi connectivity index (χ1) is 9.63. The lowest BCUT2D eigenvalue weighted by Gasteiger charge is -2.20. The Labute approximate surface area is 120 Å². The summed E-state index contributed by atoms with van der Waals surface area (Å²) in [6.45, 7) is 2.21. The lowest BCUT2D eigenvalue weighted by molar-refractivity contribution is 0.0690. The van der Waals surface area contributed by atoms with Crippen LogP contribution in [-0.2, 0) is 0 Å². The maximum atomic E-state index is 11.1. The summed E-state index contributed by atoms with van der Waals surface area (Å²) in [5.74, 6) is -1.03. The summed E-state index contributed by atoms with van der Waals surface area (Å²) >= 11 is 1.32. The van der Waals surface area contributed by atoms with E-state index < -0.39 is 5.97 Å². The van der Waals surface area contributed by atoms with Crippen molar-refractivity contribution in [2.75, 3.05) is 11.4 Å². The number of hydrogen-bond acceptors (Lipinski definition) is 5. The highest BCUT2D eigenvalue weighted by atomic mass is 32.1. The number of aromatic nitrogens is 1. The number of aromatic carboxylic acids is 1. The fourth-order valence-electron chi connectivity index (χ4n) is 1.80. The predicted octanol–water partition coefficient (Wildman–Crippen LogP) is 3.20. The van der Waals surface area contributed by atoms with Crippen LogP contribution in [0.2, 0.25) is 0 Å². The molecule has 0 spiro atoms. The molecule has 1 N–H and O–H groups in total. The Bertz CT molecular complexity index is 646. The molecule has 5 nitrogen and oxygen atoms in total. The summed E-state index contributed by atoms with van der Waals surface area (Å²) in [6, 6.07) is 11.6. The average molecular weight is 287 g/mol. The van der Waals surface area contributed by atoms with Gasteiger partial charge in [-0.3, -0.25) is 0 Å². The fourth-order valence-corrected chi connectivity index (χ4v) is 2.75. The molecule has 0 aliphatic carbocycles. The lowest BCUT2D eigenvalue weighted by Crippen LogP contribution is -2.18. The Kier molecular flexibility index (Phi) is 4.33. The number of carboxylic acids is 1. The number of rotatable bonds is 5. The minimum atomic E-state index is -1.03. The molecule has 0 aliphatic heterocycles. The summed E-state index contributed by atoms with van der Waals surface area (Å²) in [6.07, 6.45) is 0.343. The molecular formula is C14H13N3O2S. The largest absolute Gasteiger partial charge is 0.476 e. The molecule has 0 unspecified atom stereocenters. The van der Waals surface area contributed by atoms with E-state index in [0.717, 1.165) is 5.69 Å². The van der Waals surface area contributed by atoms with Crippen LogP contribution >= 0.6 is 11.3 Å². The van der Waals surface area contributed by atoms with Crippen molar-refractivity contribution < 1.29 is 9.90 Å². The zero-order valence-electron chi connectivity index (χ0n) is 10.9. The molecule has 2 rings (SSSR count). The minimum absolute atomic E-state index is 0.0721. The van der Waals surface area contributed by atoms with Crippen LogP contribution < -0.4 is 4.90 Å². The number of carbonyl (C=O) groups is 1. The van der Waals surface area contributed by atoms with E-state index in [2.05, 4.69) is 11.1 Å². The van der Waals surface area contributed by atoms with Gasteiger partial charge < -0.3 is 10.0 Å². The highest BCUT2D eigenvalue weighted by Crippen LogP contribution is 2.31. The van der Waals surface area contributed by atoms with E-state index in [1.165, 1.54) is 11.3 Å². The minimum Gasteiger partial charge on any atom is -0.476 e. The molecule has 0 fully saturated rings. The van der Waals surface area contributed by atoms with Crippen LogP contribution in [-0.4, -0.2) is 22.6 Å². The van der Waals surface area contributed by atoms with Crippen LogP contribution in [0.25, 0.3) is 0 Å². The van der Waals surface area contributed by atoms with E-state index in [0.29, 0.717) is 23.0 Å². The standard InChI is InChI=1S/C14H13N3O2S/c1-10-12(13(18)19)16-14(20-10)17(9-5-8-15)11-6-3-2-4-7-11/h2-4,6-7H,5,9H2,1H3,(H,18,19). The highest BCUT2D eigenvalue weighted by molar-refractivity contribution is 7.15. The van der Waals surface area contributed by atoms with Crippen LogP contribution in [0.1, 0.15) is 21.8 Å². The zero-order chi connectivity index (χ0) is 14.5. The molecule has 1 aromatic carbocycles. The van der Waals surface area contributed by atoms with Crippen molar-refractivity contribution in [1.82, 2.24) is 4.98 Å². The average Bonchev–Trinajstić information content (AvgIpc) is 2.82. The quantitative estimate of drug-likeness (QED) is 0.913. The van der Waals surface area contributed by atoms with Crippen molar-refractivity contribution in [2.24, 2.45) is 0 Å². The van der Waals surface area contributed by atoms with Crippen LogP contribution in [0, 0.1) is 18.3 Å². The molecule has 0 saturated heterocycles. The molecule has 2 aromatic rings. The van der Waals surface area contributed by atoms with Gasteiger partial charge in [0.2, 0.25) is 0 Å². The molecule has 1 heterocycles. The maximum absolute atomic E-state index is 11.1. The normalized spacial score (nSPS) is 10.0. The predicted molar refractivity (Wildman–Crippen MR) is 77.5 cm³/mol. The topological polar surface area (TPSA) is 77.2 Å². The van der Waals surface area contributed by atoms with Crippen LogP contribution in [0.3, 0.4) is 0 Å². The number of carboxylic acid groups (broad SMARTS) is 1. The highest BCUT2D eigenvalue weighted by Gasteiger charge is 2.19. The zero-order valence-corrected chi connectivity index (χ0v) is 11.7. The number of aryl methyl sites for hydroxylation is 1. The maximum Gasteiger partial charge on any atom is 0.355 e. The third-order valence-corrected chi connectivity index (χ3v) is 3.73. The molecule has 0 radical (unpaired) electrons.